The van der Waals surface area contributed by atoms with Gasteiger partial charge in [0.2, 0.25) is 0 Å². The van der Waals surface area contributed by atoms with Gasteiger partial charge in [0, 0.05) is 36.7 Å². The Labute approximate surface area is 176 Å². The Morgan fingerprint density at radius 2 is 2.06 bits per heavy atom. The first-order valence-corrected chi connectivity index (χ1v) is 9.54. The van der Waals surface area contributed by atoms with Gasteiger partial charge < -0.3 is 24.7 Å². The lowest BCUT2D eigenvalue weighted by Crippen LogP contribution is -2.51. The summed E-state index contributed by atoms with van der Waals surface area (Å²) in [5.41, 5.74) is 1.22. The van der Waals surface area contributed by atoms with E-state index in [0.29, 0.717) is 12.1 Å². The molecule has 2 N–H and O–H groups in total. The molecule has 1 aromatic carbocycles. The number of aromatic amines is 1. The van der Waals surface area contributed by atoms with Crippen molar-refractivity contribution in [3.8, 4) is 0 Å². The lowest BCUT2D eigenvalue weighted by molar-refractivity contribution is -0.144. The molecule has 0 saturated heterocycles. The Morgan fingerprint density at radius 3 is 2.74 bits per heavy atom. The molecule has 11 heteroatoms. The molecule has 166 valence electrons. The highest BCUT2D eigenvalue weighted by atomic mass is 19.1. The van der Waals surface area contributed by atoms with Crippen LogP contribution in [0.5, 0.6) is 0 Å². The van der Waals surface area contributed by atoms with Crippen LogP contribution in [0.1, 0.15) is 35.8 Å². The third kappa shape index (κ3) is 4.81. The average Bonchev–Trinajstić information content (AvgIpc) is 3.24. The van der Waals surface area contributed by atoms with Gasteiger partial charge in [-0.05, 0) is 12.5 Å². The van der Waals surface area contributed by atoms with E-state index in [4.69, 9.17) is 4.74 Å². The fourth-order valence-electron chi connectivity index (χ4n) is 3.52. The van der Waals surface area contributed by atoms with Gasteiger partial charge in [0.25, 0.3) is 0 Å². The summed E-state index contributed by atoms with van der Waals surface area (Å²) in [5, 5.41) is 2.54. The number of urea groups is 1. The van der Waals surface area contributed by atoms with Crippen molar-refractivity contribution < 1.29 is 32.6 Å². The molecule has 1 aromatic heterocycles. The van der Waals surface area contributed by atoms with Gasteiger partial charge in [0.05, 0.1) is 26.2 Å². The number of aromatic nitrogens is 2. The van der Waals surface area contributed by atoms with Crippen molar-refractivity contribution in [3.05, 3.63) is 53.1 Å². The third-order valence-electron chi connectivity index (χ3n) is 5.09. The van der Waals surface area contributed by atoms with E-state index >= 15 is 0 Å². The van der Waals surface area contributed by atoms with Gasteiger partial charge in [-0.25, -0.2) is 23.4 Å². The summed E-state index contributed by atoms with van der Waals surface area (Å²) in [6.07, 6.45) is 1.71. The second-order valence-electron chi connectivity index (χ2n) is 6.92. The van der Waals surface area contributed by atoms with Crippen LogP contribution in [0, 0.1) is 11.6 Å². The van der Waals surface area contributed by atoms with Crippen molar-refractivity contribution >= 4 is 18.0 Å². The number of nitrogens with zero attached hydrogens (tertiary/aromatic N) is 2. The summed E-state index contributed by atoms with van der Waals surface area (Å²) in [5.74, 6) is -2.86. The highest BCUT2D eigenvalue weighted by molar-refractivity contribution is 5.84. The zero-order valence-electron chi connectivity index (χ0n) is 17.0. The normalized spacial score (nSPS) is 16.3. The number of ether oxygens (including phenoxy) is 2. The number of rotatable bonds is 6. The zero-order chi connectivity index (χ0) is 22.5. The van der Waals surface area contributed by atoms with E-state index in [1.165, 1.54) is 24.4 Å². The van der Waals surface area contributed by atoms with Crippen molar-refractivity contribution in [3.63, 3.8) is 0 Å². The standard InChI is InChI=1S/C20H22F2N4O5/c1-30-16(27)6-5-15(19(28)31-2)25-20(29)26-8-7-14-17(24-10-23-14)18(26)12-4-3-11(21)9-13(12)22/h3-4,9-10,15,18H,5-8H2,1-2H3,(H,23,24)(H,25,29)/t15-,18+/m0/s1. The van der Waals surface area contributed by atoms with Crippen LogP contribution in [-0.4, -0.2) is 59.6 Å². The second kappa shape index (κ2) is 9.54. The molecule has 1 aliphatic rings. The molecule has 2 aromatic rings. The number of hydrogen-bond acceptors (Lipinski definition) is 6. The Bertz CT molecular complexity index is 980. The molecule has 0 spiro atoms. The number of benzene rings is 1. The molecular weight excluding hydrogens is 414 g/mol. The number of carbonyl (C=O) groups excluding carboxylic acids is 3. The van der Waals surface area contributed by atoms with Crippen LogP contribution in [0.25, 0.3) is 0 Å². The Hall–Kier alpha value is -3.50. The van der Waals surface area contributed by atoms with Gasteiger partial charge >= 0.3 is 18.0 Å². The molecule has 0 radical (unpaired) electrons. The summed E-state index contributed by atoms with van der Waals surface area (Å²) >= 11 is 0. The molecule has 0 saturated carbocycles. The maximum absolute atomic E-state index is 14.6. The van der Waals surface area contributed by atoms with Crippen LogP contribution in [-0.2, 0) is 25.5 Å². The Kier molecular flexibility index (Phi) is 6.83. The second-order valence-corrected chi connectivity index (χ2v) is 6.92. The van der Waals surface area contributed by atoms with E-state index in [1.807, 2.05) is 0 Å². The van der Waals surface area contributed by atoms with E-state index in [1.54, 1.807) is 0 Å². The third-order valence-corrected chi connectivity index (χ3v) is 5.09. The summed E-state index contributed by atoms with van der Waals surface area (Å²) < 4.78 is 37.3. The number of imidazole rings is 1. The minimum atomic E-state index is -1.11. The number of amides is 2. The molecule has 9 nitrogen and oxygen atoms in total. The number of nitrogens with one attached hydrogen (secondary N) is 2. The van der Waals surface area contributed by atoms with Crippen LogP contribution in [0.15, 0.2) is 24.5 Å². The number of halogens is 2. The van der Waals surface area contributed by atoms with Crippen LogP contribution in [0.4, 0.5) is 13.6 Å². The van der Waals surface area contributed by atoms with Crippen molar-refractivity contribution in [1.29, 1.82) is 0 Å². The summed E-state index contributed by atoms with van der Waals surface area (Å²) in [4.78, 5) is 45.1. The maximum atomic E-state index is 14.6. The maximum Gasteiger partial charge on any atom is 0.328 e. The van der Waals surface area contributed by atoms with E-state index in [-0.39, 0.29) is 24.9 Å². The van der Waals surface area contributed by atoms with E-state index in [9.17, 15) is 23.2 Å². The first-order chi connectivity index (χ1) is 14.8. The molecule has 2 atom stereocenters. The molecule has 2 heterocycles. The average molecular weight is 436 g/mol. The summed E-state index contributed by atoms with van der Waals surface area (Å²) in [7, 11) is 2.37. The lowest BCUT2D eigenvalue weighted by Gasteiger charge is -2.36. The number of fused-ring (bicyclic) bond motifs is 1. The fraction of sp³-hybridized carbons (Fsp3) is 0.400. The van der Waals surface area contributed by atoms with Crippen LogP contribution in [0.3, 0.4) is 0 Å². The molecule has 0 fully saturated rings. The van der Waals surface area contributed by atoms with Crippen molar-refractivity contribution in [2.75, 3.05) is 20.8 Å². The number of hydrogen-bond donors (Lipinski definition) is 2. The predicted octanol–water partition coefficient (Wildman–Crippen LogP) is 1.84. The van der Waals surface area contributed by atoms with Gasteiger partial charge in [-0.3, -0.25) is 4.79 Å². The topological polar surface area (TPSA) is 114 Å². The van der Waals surface area contributed by atoms with E-state index < -0.39 is 41.7 Å². The van der Waals surface area contributed by atoms with Crippen molar-refractivity contribution in [2.24, 2.45) is 0 Å². The number of H-pyrrole nitrogens is 1. The summed E-state index contributed by atoms with van der Waals surface area (Å²) in [6.45, 7) is 0.188. The van der Waals surface area contributed by atoms with E-state index in [2.05, 4.69) is 20.0 Å². The molecule has 0 unspecified atom stereocenters. The molecule has 2 amide bonds. The SMILES string of the molecule is COC(=O)CC[C@H](NC(=O)N1CCc2[nH]cnc2[C@H]1c1ccc(F)cc1F)C(=O)OC. The lowest BCUT2D eigenvalue weighted by atomic mass is 9.95. The Morgan fingerprint density at radius 1 is 1.29 bits per heavy atom. The molecule has 1 aliphatic heterocycles. The zero-order valence-corrected chi connectivity index (χ0v) is 17.0. The first kappa shape index (κ1) is 22.2. The first-order valence-electron chi connectivity index (χ1n) is 9.54. The number of carbonyl (C=O) groups is 3. The minimum absolute atomic E-state index is 0.0395. The number of esters is 2. The van der Waals surface area contributed by atoms with Crippen LogP contribution < -0.4 is 5.32 Å². The minimum Gasteiger partial charge on any atom is -0.469 e. The molecular formula is C20H22F2N4O5. The summed E-state index contributed by atoms with van der Waals surface area (Å²) in [6, 6.07) is 0.366. The van der Waals surface area contributed by atoms with Gasteiger partial charge in [-0.15, -0.1) is 0 Å². The van der Waals surface area contributed by atoms with Crippen LogP contribution in [0.2, 0.25) is 0 Å². The van der Waals surface area contributed by atoms with Crippen LogP contribution >= 0.6 is 0 Å². The van der Waals surface area contributed by atoms with Crippen molar-refractivity contribution in [2.45, 2.75) is 31.3 Å². The fourth-order valence-corrected chi connectivity index (χ4v) is 3.52. The van der Waals surface area contributed by atoms with Gasteiger partial charge in [-0.1, -0.05) is 6.07 Å². The Balaban J connectivity index is 1.88. The smallest absolute Gasteiger partial charge is 0.328 e. The molecule has 31 heavy (non-hydrogen) atoms. The predicted molar refractivity (Wildman–Crippen MR) is 103 cm³/mol. The quantitative estimate of drug-likeness (QED) is 0.668. The van der Waals surface area contributed by atoms with Gasteiger partial charge in [0.15, 0.2) is 0 Å². The highest BCUT2D eigenvalue weighted by Crippen LogP contribution is 2.35. The van der Waals surface area contributed by atoms with Gasteiger partial charge in [0.1, 0.15) is 23.7 Å². The van der Waals surface area contributed by atoms with Crippen molar-refractivity contribution in [1.82, 2.24) is 20.2 Å². The largest absolute Gasteiger partial charge is 0.469 e. The number of methoxy groups -OCH3 is 2. The van der Waals surface area contributed by atoms with E-state index in [0.717, 1.165) is 24.9 Å². The molecule has 0 bridgehead atoms. The highest BCUT2D eigenvalue weighted by Gasteiger charge is 2.37. The monoisotopic (exact) mass is 436 g/mol. The van der Waals surface area contributed by atoms with Gasteiger partial charge in [-0.2, -0.15) is 0 Å². The molecule has 0 aliphatic carbocycles. The molecule has 3 rings (SSSR count).